The minimum Gasteiger partial charge on any atom is -0.497 e. The van der Waals surface area contributed by atoms with Gasteiger partial charge in [0.1, 0.15) is 11.5 Å². The maximum Gasteiger partial charge on any atom is 0.166 e. The fourth-order valence-electron chi connectivity index (χ4n) is 2.77. The summed E-state index contributed by atoms with van der Waals surface area (Å²) in [6.45, 7) is 0. The van der Waals surface area contributed by atoms with Crippen LogP contribution >= 0.6 is 0 Å². The lowest BCUT2D eigenvalue weighted by atomic mass is 10.0. The summed E-state index contributed by atoms with van der Waals surface area (Å²) in [5.74, 6) is 2.09. The molecule has 3 nitrogen and oxygen atoms in total. The summed E-state index contributed by atoms with van der Waals surface area (Å²) < 4.78 is 10.6. The van der Waals surface area contributed by atoms with Gasteiger partial charge in [0, 0.05) is 17.5 Å². The quantitative estimate of drug-likeness (QED) is 0.785. The highest BCUT2D eigenvalue weighted by Gasteiger charge is 2.45. The zero-order chi connectivity index (χ0) is 14.8. The van der Waals surface area contributed by atoms with Crippen molar-refractivity contribution >= 4 is 5.78 Å². The topological polar surface area (TPSA) is 35.5 Å². The summed E-state index contributed by atoms with van der Waals surface area (Å²) in [5.41, 5.74) is 1.88. The monoisotopic (exact) mass is 282 g/mol. The van der Waals surface area contributed by atoms with Crippen LogP contribution < -0.4 is 9.47 Å². The van der Waals surface area contributed by atoms with Gasteiger partial charge in [-0.05, 0) is 24.0 Å². The highest BCUT2D eigenvalue weighted by atomic mass is 16.5. The Bertz CT molecular complexity index is 649. The molecule has 0 radical (unpaired) electrons. The van der Waals surface area contributed by atoms with Crippen molar-refractivity contribution in [3.05, 3.63) is 59.7 Å². The minimum absolute atomic E-state index is 0.0645. The fourth-order valence-corrected chi connectivity index (χ4v) is 2.77. The van der Waals surface area contributed by atoms with E-state index >= 15 is 0 Å². The number of ketones is 1. The Balaban J connectivity index is 1.80. The SMILES string of the molecule is COc1ccc(C2CC2C(=O)c2ccccc2)c(OC)c1. The smallest absolute Gasteiger partial charge is 0.166 e. The van der Waals surface area contributed by atoms with E-state index in [2.05, 4.69) is 0 Å². The summed E-state index contributed by atoms with van der Waals surface area (Å²) in [4.78, 5) is 12.4. The van der Waals surface area contributed by atoms with Gasteiger partial charge in [0.25, 0.3) is 0 Å². The average molecular weight is 282 g/mol. The summed E-state index contributed by atoms with van der Waals surface area (Å²) >= 11 is 0. The van der Waals surface area contributed by atoms with Crippen LogP contribution in [-0.2, 0) is 0 Å². The molecule has 2 atom stereocenters. The number of benzene rings is 2. The molecule has 1 saturated carbocycles. The fraction of sp³-hybridized carbons (Fsp3) is 0.278. The zero-order valence-electron chi connectivity index (χ0n) is 12.2. The molecule has 0 N–H and O–H groups in total. The molecule has 0 aliphatic heterocycles. The van der Waals surface area contributed by atoms with Crippen LogP contribution in [0.25, 0.3) is 0 Å². The Labute approximate surface area is 124 Å². The number of hydrogen-bond acceptors (Lipinski definition) is 3. The van der Waals surface area contributed by atoms with Gasteiger partial charge in [-0.3, -0.25) is 4.79 Å². The predicted molar refractivity (Wildman–Crippen MR) is 81.2 cm³/mol. The maximum absolute atomic E-state index is 12.4. The molecule has 3 heteroatoms. The summed E-state index contributed by atoms with van der Waals surface area (Å²) in [7, 11) is 3.28. The molecule has 0 aromatic heterocycles. The molecule has 2 aromatic rings. The van der Waals surface area contributed by atoms with Gasteiger partial charge in [-0.15, -0.1) is 0 Å². The lowest BCUT2D eigenvalue weighted by molar-refractivity contribution is 0.0965. The number of rotatable bonds is 5. The summed E-state index contributed by atoms with van der Waals surface area (Å²) in [6.07, 6.45) is 0.885. The first kappa shape index (κ1) is 13.7. The highest BCUT2D eigenvalue weighted by molar-refractivity contribution is 6.00. The van der Waals surface area contributed by atoms with Crippen molar-refractivity contribution in [1.29, 1.82) is 0 Å². The number of Topliss-reactive ketones (excluding diaryl/α,β-unsaturated/α-hetero) is 1. The first-order chi connectivity index (χ1) is 10.2. The molecule has 0 spiro atoms. The molecule has 2 aromatic carbocycles. The van der Waals surface area contributed by atoms with Crippen molar-refractivity contribution < 1.29 is 14.3 Å². The first-order valence-corrected chi connectivity index (χ1v) is 7.05. The van der Waals surface area contributed by atoms with Gasteiger partial charge in [-0.1, -0.05) is 36.4 Å². The normalized spacial score (nSPS) is 19.9. The van der Waals surface area contributed by atoms with Crippen LogP contribution in [0, 0.1) is 5.92 Å². The van der Waals surface area contributed by atoms with Crippen LogP contribution in [0.3, 0.4) is 0 Å². The molecule has 1 aliphatic rings. The molecule has 108 valence electrons. The van der Waals surface area contributed by atoms with Gasteiger partial charge in [0.05, 0.1) is 14.2 Å². The van der Waals surface area contributed by atoms with E-state index in [9.17, 15) is 4.79 Å². The van der Waals surface area contributed by atoms with Crippen LogP contribution in [0.2, 0.25) is 0 Å². The van der Waals surface area contributed by atoms with Crippen molar-refractivity contribution in [3.8, 4) is 11.5 Å². The second-order valence-electron chi connectivity index (χ2n) is 5.29. The molecule has 1 aliphatic carbocycles. The van der Waals surface area contributed by atoms with Crippen molar-refractivity contribution in [2.45, 2.75) is 12.3 Å². The van der Waals surface area contributed by atoms with Gasteiger partial charge in [-0.25, -0.2) is 0 Å². The second-order valence-corrected chi connectivity index (χ2v) is 5.29. The van der Waals surface area contributed by atoms with Crippen LogP contribution in [-0.4, -0.2) is 20.0 Å². The van der Waals surface area contributed by atoms with E-state index in [4.69, 9.17) is 9.47 Å². The molecule has 0 saturated heterocycles. The largest absolute Gasteiger partial charge is 0.497 e. The van der Waals surface area contributed by atoms with E-state index < -0.39 is 0 Å². The lowest BCUT2D eigenvalue weighted by Gasteiger charge is -2.10. The number of carbonyl (C=O) groups excluding carboxylic acids is 1. The maximum atomic E-state index is 12.4. The molecular formula is C18H18O3. The van der Waals surface area contributed by atoms with E-state index in [1.807, 2.05) is 48.5 Å². The lowest BCUT2D eigenvalue weighted by Crippen LogP contribution is -2.03. The molecule has 3 rings (SSSR count). The van der Waals surface area contributed by atoms with E-state index in [1.54, 1.807) is 14.2 Å². The Morgan fingerprint density at radius 1 is 1.05 bits per heavy atom. The molecule has 0 amide bonds. The van der Waals surface area contributed by atoms with E-state index in [1.165, 1.54) is 0 Å². The molecule has 21 heavy (non-hydrogen) atoms. The predicted octanol–water partition coefficient (Wildman–Crippen LogP) is 3.69. The minimum atomic E-state index is 0.0645. The molecular weight excluding hydrogens is 264 g/mol. The van der Waals surface area contributed by atoms with Crippen LogP contribution in [0.4, 0.5) is 0 Å². The van der Waals surface area contributed by atoms with Crippen LogP contribution in [0.1, 0.15) is 28.3 Å². The van der Waals surface area contributed by atoms with Crippen LogP contribution in [0.5, 0.6) is 11.5 Å². The zero-order valence-corrected chi connectivity index (χ0v) is 12.2. The number of hydrogen-bond donors (Lipinski definition) is 0. The van der Waals surface area contributed by atoms with Gasteiger partial charge in [0.2, 0.25) is 0 Å². The van der Waals surface area contributed by atoms with E-state index in [0.717, 1.165) is 29.0 Å². The van der Waals surface area contributed by atoms with Crippen molar-refractivity contribution in [1.82, 2.24) is 0 Å². The van der Waals surface area contributed by atoms with Crippen LogP contribution in [0.15, 0.2) is 48.5 Å². The summed E-state index contributed by atoms with van der Waals surface area (Å²) in [5, 5.41) is 0. The molecule has 2 unspecified atom stereocenters. The van der Waals surface area contributed by atoms with Crippen molar-refractivity contribution in [3.63, 3.8) is 0 Å². The van der Waals surface area contributed by atoms with Gasteiger partial charge in [0.15, 0.2) is 5.78 Å². The Morgan fingerprint density at radius 3 is 2.48 bits per heavy atom. The Kier molecular flexibility index (Phi) is 3.65. The second kappa shape index (κ2) is 5.60. The first-order valence-electron chi connectivity index (χ1n) is 7.05. The third-order valence-electron chi connectivity index (χ3n) is 4.03. The standard InChI is InChI=1S/C18H18O3/c1-20-13-8-9-14(17(10-13)21-2)15-11-16(15)18(19)12-6-4-3-5-7-12/h3-10,15-16H,11H2,1-2H3. The van der Waals surface area contributed by atoms with Crippen molar-refractivity contribution in [2.24, 2.45) is 5.92 Å². The molecule has 0 bridgehead atoms. The number of ether oxygens (including phenoxy) is 2. The summed E-state index contributed by atoms with van der Waals surface area (Å²) in [6, 6.07) is 15.3. The van der Waals surface area contributed by atoms with Gasteiger partial charge >= 0.3 is 0 Å². The Morgan fingerprint density at radius 2 is 1.81 bits per heavy atom. The molecule has 0 heterocycles. The van der Waals surface area contributed by atoms with E-state index in [-0.39, 0.29) is 17.6 Å². The van der Waals surface area contributed by atoms with E-state index in [0.29, 0.717) is 0 Å². The highest BCUT2D eigenvalue weighted by Crippen LogP contribution is 2.52. The Hall–Kier alpha value is -2.29. The third-order valence-corrected chi connectivity index (χ3v) is 4.03. The van der Waals surface area contributed by atoms with Crippen molar-refractivity contribution in [2.75, 3.05) is 14.2 Å². The number of methoxy groups -OCH3 is 2. The van der Waals surface area contributed by atoms with Gasteiger partial charge in [-0.2, -0.15) is 0 Å². The number of carbonyl (C=O) groups is 1. The average Bonchev–Trinajstić information content (AvgIpc) is 3.34. The third kappa shape index (κ3) is 2.64. The molecule has 1 fully saturated rings. The van der Waals surface area contributed by atoms with Gasteiger partial charge < -0.3 is 9.47 Å².